The number of para-hydroxylation sites is 2. The van der Waals surface area contributed by atoms with E-state index < -0.39 is 7.25 Å². The first-order chi connectivity index (χ1) is 15.8. The zero-order valence-corrected chi connectivity index (χ0v) is 25.3. The van der Waals surface area contributed by atoms with E-state index in [1.54, 1.807) is 0 Å². The van der Waals surface area contributed by atoms with Crippen LogP contribution in [0.3, 0.4) is 0 Å². The van der Waals surface area contributed by atoms with Crippen molar-refractivity contribution in [3.8, 4) is 0 Å². The Labute approximate surface area is 216 Å². The Balaban J connectivity index is 2.40. The summed E-state index contributed by atoms with van der Waals surface area (Å²) in [4.78, 5) is 12.6. The maximum absolute atomic E-state index is 12.6. The van der Waals surface area contributed by atoms with E-state index in [4.69, 9.17) is 0 Å². The molecule has 0 saturated carbocycles. The first kappa shape index (κ1) is 26.9. The van der Waals surface area contributed by atoms with Crippen molar-refractivity contribution < 1.29 is 9.04 Å². The minimum absolute atomic E-state index is 0.348. The standard InChI is InChI=1S/C29H42N2OSeSi/c1-18(2)24-13-11-14-25(19(3)4)28(24)30-22(9)17-23(10)31(34(30,32)33)29-26(20(5)6)15-12-16-27(29)21(7)8/h11-21,32H,1-10H3. The molecule has 0 spiro atoms. The van der Waals surface area contributed by atoms with Gasteiger partial charge in [-0.2, -0.15) is 0 Å². The predicted molar refractivity (Wildman–Crippen MR) is 150 cm³/mol. The first-order valence-electron chi connectivity index (χ1n) is 12.6. The van der Waals surface area contributed by atoms with Gasteiger partial charge in [-0.05, 0) is 0 Å². The zero-order chi connectivity index (χ0) is 25.5. The number of nitrogens with zero attached hydrogens (tertiary/aromatic N) is 2. The van der Waals surface area contributed by atoms with Crippen molar-refractivity contribution in [2.75, 3.05) is 4.57 Å². The molecule has 3 rings (SSSR count). The summed E-state index contributed by atoms with van der Waals surface area (Å²) in [6.07, 6.45) is 2.24. The van der Waals surface area contributed by atoms with Crippen molar-refractivity contribution in [2.24, 2.45) is 0 Å². The molecule has 0 aliphatic carbocycles. The Morgan fingerprint density at radius 3 is 1.50 bits per heavy atom. The van der Waals surface area contributed by atoms with Gasteiger partial charge in [0.25, 0.3) is 0 Å². The van der Waals surface area contributed by atoms with Gasteiger partial charge >= 0.3 is 217 Å². The summed E-state index contributed by atoms with van der Waals surface area (Å²) in [6, 6.07) is 13.2. The van der Waals surface area contributed by atoms with Crippen LogP contribution in [0.4, 0.5) is 11.4 Å². The molecule has 2 aromatic carbocycles. The molecule has 1 atom stereocenters. The van der Waals surface area contributed by atoms with E-state index >= 15 is 0 Å². The molecule has 0 amide bonds. The fraction of sp³-hybridized carbons (Fsp3) is 0.483. The van der Waals surface area contributed by atoms with E-state index in [0.717, 1.165) is 11.4 Å². The van der Waals surface area contributed by atoms with Gasteiger partial charge in [-0.15, -0.1) is 0 Å². The molecule has 34 heavy (non-hydrogen) atoms. The van der Waals surface area contributed by atoms with E-state index in [1.165, 1.54) is 33.6 Å². The summed E-state index contributed by atoms with van der Waals surface area (Å²) in [7, 11) is -3.33. The van der Waals surface area contributed by atoms with Crippen LogP contribution in [0.2, 0.25) is 0 Å². The van der Waals surface area contributed by atoms with Crippen LogP contribution in [-0.2, 0) is 0 Å². The van der Waals surface area contributed by atoms with Crippen molar-refractivity contribution in [3.05, 3.63) is 70.4 Å². The molecule has 0 unspecified atom stereocenters. The molecular weight excluding hydrogens is 499 g/mol. The molecule has 0 saturated heterocycles. The van der Waals surface area contributed by atoms with E-state index in [1.807, 2.05) is 0 Å². The molecule has 0 radical (unpaired) electrons. The van der Waals surface area contributed by atoms with Gasteiger partial charge in [-0.3, -0.25) is 0 Å². The summed E-state index contributed by atoms with van der Waals surface area (Å²) in [5.74, 6) is 1.39. The molecule has 5 heteroatoms. The van der Waals surface area contributed by atoms with E-state index in [2.05, 4.69) is 136 Å². The van der Waals surface area contributed by atoms with Crippen molar-refractivity contribution in [1.82, 2.24) is 0 Å². The van der Waals surface area contributed by atoms with Gasteiger partial charge in [0.2, 0.25) is 0 Å². The third-order valence-corrected chi connectivity index (χ3v) is 11.5. The molecule has 0 fully saturated rings. The second kappa shape index (κ2) is 10.1. The topological polar surface area (TPSA) is 26.5 Å². The van der Waals surface area contributed by atoms with E-state index in [-0.39, 0.29) is 0 Å². The maximum atomic E-state index is 12.6. The molecule has 0 aromatic heterocycles. The van der Waals surface area contributed by atoms with E-state index in [0.29, 0.717) is 23.7 Å². The Hall–Kier alpha value is -1.65. The van der Waals surface area contributed by atoms with Gasteiger partial charge in [0.05, 0.1) is 0 Å². The third-order valence-electron chi connectivity index (χ3n) is 6.84. The third kappa shape index (κ3) is 4.73. The SMILES string of the molecule is CC1=CC(C)=[N+](c2c(C(C)C)cccc2C(C)C)[Si@@](O)([Se-])N1c1c(C(C)C)cccc1C(C)C. The van der Waals surface area contributed by atoms with Crippen molar-refractivity contribution in [3.63, 3.8) is 0 Å². The van der Waals surface area contributed by atoms with Crippen LogP contribution in [-0.4, -0.2) is 37.4 Å². The van der Waals surface area contributed by atoms with Gasteiger partial charge in [-0.1, -0.05) is 0 Å². The molecule has 1 aliphatic rings. The Kier molecular flexibility index (Phi) is 8.04. The molecule has 3 nitrogen and oxygen atoms in total. The van der Waals surface area contributed by atoms with Gasteiger partial charge < -0.3 is 0 Å². The molecule has 184 valence electrons. The van der Waals surface area contributed by atoms with Crippen LogP contribution in [0.25, 0.3) is 0 Å². The Bertz CT molecular complexity index is 1080. The van der Waals surface area contributed by atoms with Crippen LogP contribution < -0.4 is 4.57 Å². The minimum atomic E-state index is -3.33. The number of rotatable bonds is 6. The van der Waals surface area contributed by atoms with E-state index in [9.17, 15) is 4.80 Å². The van der Waals surface area contributed by atoms with Crippen LogP contribution >= 0.6 is 0 Å². The second-order valence-electron chi connectivity index (χ2n) is 10.9. The van der Waals surface area contributed by atoms with Crippen molar-refractivity contribution >= 4 is 39.7 Å². The summed E-state index contributed by atoms with van der Waals surface area (Å²) in [5.41, 5.74) is 9.62. The molecule has 1 N–H and O–H groups in total. The quantitative estimate of drug-likeness (QED) is 0.388. The fourth-order valence-corrected chi connectivity index (χ4v) is 10.5. The number of anilines is 1. The summed E-state index contributed by atoms with van der Waals surface area (Å²) < 4.78 is 4.51. The van der Waals surface area contributed by atoms with Gasteiger partial charge in [-0.25, -0.2) is 0 Å². The number of hydrogen-bond donors (Lipinski definition) is 1. The molecule has 1 heterocycles. The second-order valence-corrected chi connectivity index (χ2v) is 16.4. The van der Waals surface area contributed by atoms with Crippen molar-refractivity contribution in [1.29, 1.82) is 0 Å². The van der Waals surface area contributed by atoms with Crippen LogP contribution in [0.1, 0.15) is 115 Å². The van der Waals surface area contributed by atoms with Crippen LogP contribution in [0.15, 0.2) is 48.2 Å². The predicted octanol–water partition coefficient (Wildman–Crippen LogP) is 7.31. The van der Waals surface area contributed by atoms with Crippen LogP contribution in [0, 0.1) is 0 Å². The normalized spacial score (nSPS) is 19.2. The first-order valence-corrected chi connectivity index (χ1v) is 16.9. The zero-order valence-electron chi connectivity index (χ0n) is 22.6. The number of benzene rings is 2. The average Bonchev–Trinajstić information content (AvgIpc) is 2.72. The monoisotopic (exact) mass is 542 g/mol. The Morgan fingerprint density at radius 1 is 0.735 bits per heavy atom. The summed E-state index contributed by atoms with van der Waals surface area (Å²) in [5, 5.41) is 0. The number of hydrogen-bond acceptors (Lipinski definition) is 2. The van der Waals surface area contributed by atoms with Gasteiger partial charge in [0, 0.05) is 0 Å². The summed E-state index contributed by atoms with van der Waals surface area (Å²) >= 11 is 3.36. The Morgan fingerprint density at radius 2 is 1.12 bits per heavy atom. The molecular formula is C29H42N2OSeSi. The van der Waals surface area contributed by atoms with Crippen molar-refractivity contribution in [2.45, 2.75) is 92.9 Å². The molecule has 2 aromatic rings. The van der Waals surface area contributed by atoms with Gasteiger partial charge in [0.15, 0.2) is 0 Å². The molecule has 0 bridgehead atoms. The summed E-state index contributed by atoms with van der Waals surface area (Å²) in [6.45, 7) is 22.2. The van der Waals surface area contributed by atoms with Crippen LogP contribution in [0.5, 0.6) is 0 Å². The number of allylic oxidation sites excluding steroid dienone is 2. The molecule has 1 aliphatic heterocycles. The van der Waals surface area contributed by atoms with Gasteiger partial charge in [0.1, 0.15) is 0 Å². The fourth-order valence-electron chi connectivity index (χ4n) is 5.17. The average molecular weight is 542 g/mol.